The van der Waals surface area contributed by atoms with E-state index in [-0.39, 0.29) is 24.3 Å². The number of amides is 4. The van der Waals surface area contributed by atoms with Gasteiger partial charge in [0, 0.05) is 38.9 Å². The molecule has 3 fully saturated rings. The van der Waals surface area contributed by atoms with Crippen molar-refractivity contribution in [2.75, 3.05) is 32.7 Å². The average Bonchev–Trinajstić information content (AvgIpc) is 2.96. The molecule has 2 aliphatic heterocycles. The highest BCUT2D eigenvalue weighted by molar-refractivity contribution is 6.09. The van der Waals surface area contributed by atoms with Crippen LogP contribution in [0.1, 0.15) is 38.3 Å². The number of carbonyl (C=O) groups excluding carboxylic acids is 3. The van der Waals surface area contributed by atoms with Crippen molar-refractivity contribution in [1.82, 2.24) is 25.0 Å². The summed E-state index contributed by atoms with van der Waals surface area (Å²) in [6, 6.07) is 5.44. The Balaban J connectivity index is 1.32. The monoisotopic (exact) mass is 399 g/mol. The average molecular weight is 399 g/mol. The summed E-state index contributed by atoms with van der Waals surface area (Å²) in [6.07, 6.45) is 5.37. The van der Waals surface area contributed by atoms with Crippen LogP contribution in [0.5, 0.6) is 0 Å². The molecule has 2 saturated heterocycles. The van der Waals surface area contributed by atoms with Crippen LogP contribution in [0.15, 0.2) is 24.4 Å². The minimum absolute atomic E-state index is 0.0999. The highest BCUT2D eigenvalue weighted by Gasteiger charge is 2.55. The summed E-state index contributed by atoms with van der Waals surface area (Å²) in [5.74, 6) is -0.286. The smallest absolute Gasteiger partial charge is 0.325 e. The van der Waals surface area contributed by atoms with Crippen LogP contribution in [-0.4, -0.2) is 75.8 Å². The van der Waals surface area contributed by atoms with Crippen molar-refractivity contribution in [2.24, 2.45) is 5.92 Å². The van der Waals surface area contributed by atoms with Gasteiger partial charge < -0.3 is 10.2 Å². The molecule has 1 spiro atoms. The zero-order chi connectivity index (χ0) is 20.4. The number of hydrogen-bond acceptors (Lipinski definition) is 5. The Bertz CT molecular complexity index is 778. The lowest BCUT2D eigenvalue weighted by Crippen LogP contribution is -2.54. The van der Waals surface area contributed by atoms with Gasteiger partial charge in [-0.1, -0.05) is 25.8 Å². The molecule has 1 aliphatic carbocycles. The van der Waals surface area contributed by atoms with Gasteiger partial charge in [-0.3, -0.25) is 24.4 Å². The van der Waals surface area contributed by atoms with E-state index in [4.69, 9.17) is 0 Å². The van der Waals surface area contributed by atoms with E-state index in [2.05, 4.69) is 15.2 Å². The van der Waals surface area contributed by atoms with Crippen LogP contribution < -0.4 is 5.32 Å². The maximum Gasteiger partial charge on any atom is 0.325 e. The molecule has 2 unspecified atom stereocenters. The third-order valence-electron chi connectivity index (χ3n) is 6.63. The van der Waals surface area contributed by atoms with E-state index in [1.165, 1.54) is 0 Å². The van der Waals surface area contributed by atoms with Gasteiger partial charge in [0.15, 0.2) is 0 Å². The summed E-state index contributed by atoms with van der Waals surface area (Å²) < 4.78 is 0. The van der Waals surface area contributed by atoms with Crippen molar-refractivity contribution in [3.63, 3.8) is 0 Å². The third kappa shape index (κ3) is 3.85. The first-order valence-corrected chi connectivity index (χ1v) is 10.5. The second kappa shape index (κ2) is 8.10. The molecule has 1 saturated carbocycles. The van der Waals surface area contributed by atoms with E-state index in [0.29, 0.717) is 19.5 Å². The van der Waals surface area contributed by atoms with Gasteiger partial charge in [0.1, 0.15) is 12.1 Å². The van der Waals surface area contributed by atoms with Crippen LogP contribution in [0.4, 0.5) is 4.79 Å². The lowest BCUT2D eigenvalue weighted by Gasteiger charge is -2.37. The SMILES string of the molecule is CC1CCCCC12NC(=O)N(CC(=O)N1CCN(Cc3ccccn3)CC1)C2=O. The molecule has 0 radical (unpaired) electrons. The number of pyridine rings is 1. The molecule has 0 aromatic carbocycles. The zero-order valence-corrected chi connectivity index (χ0v) is 17.0. The molecule has 3 aliphatic rings. The van der Waals surface area contributed by atoms with Crippen molar-refractivity contribution in [2.45, 2.75) is 44.7 Å². The molecule has 8 nitrogen and oxygen atoms in total. The fraction of sp³-hybridized carbons (Fsp3) is 0.619. The largest absolute Gasteiger partial charge is 0.339 e. The summed E-state index contributed by atoms with van der Waals surface area (Å²) in [6.45, 7) is 5.31. The number of urea groups is 1. The van der Waals surface area contributed by atoms with E-state index in [1.807, 2.05) is 25.1 Å². The predicted molar refractivity (Wildman–Crippen MR) is 107 cm³/mol. The van der Waals surface area contributed by atoms with Crippen molar-refractivity contribution in [3.05, 3.63) is 30.1 Å². The molecule has 3 heterocycles. The lowest BCUT2D eigenvalue weighted by atomic mass is 9.73. The number of aromatic nitrogens is 1. The second-order valence-electron chi connectivity index (χ2n) is 8.42. The molecule has 2 atom stereocenters. The van der Waals surface area contributed by atoms with Gasteiger partial charge in [-0.25, -0.2) is 4.79 Å². The number of carbonyl (C=O) groups is 3. The first-order chi connectivity index (χ1) is 14.0. The van der Waals surface area contributed by atoms with Crippen LogP contribution in [0.25, 0.3) is 0 Å². The van der Waals surface area contributed by atoms with Gasteiger partial charge in [-0.15, -0.1) is 0 Å². The Morgan fingerprint density at radius 3 is 2.69 bits per heavy atom. The van der Waals surface area contributed by atoms with Crippen LogP contribution >= 0.6 is 0 Å². The summed E-state index contributed by atoms with van der Waals surface area (Å²) in [4.78, 5) is 47.8. The number of nitrogens with one attached hydrogen (secondary N) is 1. The number of rotatable bonds is 4. The Kier molecular flexibility index (Phi) is 5.54. The Morgan fingerprint density at radius 2 is 2.00 bits per heavy atom. The fourth-order valence-electron chi connectivity index (χ4n) is 4.75. The van der Waals surface area contributed by atoms with Gasteiger partial charge in [-0.2, -0.15) is 0 Å². The summed E-state index contributed by atoms with van der Waals surface area (Å²) >= 11 is 0. The maximum absolute atomic E-state index is 13.0. The Morgan fingerprint density at radius 1 is 1.21 bits per heavy atom. The molecular weight excluding hydrogens is 370 g/mol. The van der Waals surface area contributed by atoms with Crippen molar-refractivity contribution >= 4 is 17.8 Å². The van der Waals surface area contributed by atoms with E-state index in [0.717, 1.165) is 49.5 Å². The van der Waals surface area contributed by atoms with Crippen LogP contribution in [0.3, 0.4) is 0 Å². The number of hydrogen-bond donors (Lipinski definition) is 1. The molecular formula is C21H29N5O3. The first-order valence-electron chi connectivity index (χ1n) is 10.5. The molecule has 8 heteroatoms. The van der Waals surface area contributed by atoms with Crippen LogP contribution in [0.2, 0.25) is 0 Å². The highest BCUT2D eigenvalue weighted by atomic mass is 16.2. The minimum Gasteiger partial charge on any atom is -0.339 e. The molecule has 4 rings (SSSR count). The molecule has 1 N–H and O–H groups in total. The van der Waals surface area contributed by atoms with Crippen LogP contribution in [-0.2, 0) is 16.1 Å². The topological polar surface area (TPSA) is 85.8 Å². The quantitative estimate of drug-likeness (QED) is 0.770. The van der Waals surface area contributed by atoms with E-state index in [9.17, 15) is 14.4 Å². The number of imide groups is 1. The van der Waals surface area contributed by atoms with E-state index in [1.54, 1.807) is 11.1 Å². The van der Waals surface area contributed by atoms with Gasteiger partial charge in [0.05, 0.1) is 5.69 Å². The molecule has 4 amide bonds. The van der Waals surface area contributed by atoms with Crippen molar-refractivity contribution in [3.8, 4) is 0 Å². The summed E-state index contributed by atoms with van der Waals surface area (Å²) in [5.41, 5.74) is 0.204. The second-order valence-corrected chi connectivity index (χ2v) is 8.42. The van der Waals surface area contributed by atoms with Gasteiger partial charge in [0.2, 0.25) is 5.91 Å². The van der Waals surface area contributed by atoms with Crippen LogP contribution in [0, 0.1) is 5.92 Å². The molecule has 0 bridgehead atoms. The highest BCUT2D eigenvalue weighted by Crippen LogP contribution is 2.38. The molecule has 156 valence electrons. The molecule has 1 aromatic rings. The number of piperazine rings is 1. The first kappa shape index (κ1) is 19.8. The predicted octanol–water partition coefficient (Wildman–Crippen LogP) is 1.23. The minimum atomic E-state index is -0.809. The summed E-state index contributed by atoms with van der Waals surface area (Å²) in [7, 11) is 0. The Hall–Kier alpha value is -2.48. The standard InChI is InChI=1S/C21H29N5O3/c1-16-6-2-4-8-21(16)19(28)26(20(29)23-21)15-18(27)25-12-10-24(11-13-25)14-17-7-3-5-9-22-17/h3,5,7,9,16H,2,4,6,8,10-15H2,1H3,(H,23,29). The normalized spacial score (nSPS) is 28.1. The van der Waals surface area contributed by atoms with E-state index < -0.39 is 11.6 Å². The van der Waals surface area contributed by atoms with Gasteiger partial charge >= 0.3 is 6.03 Å². The lowest BCUT2D eigenvalue weighted by molar-refractivity contribution is -0.141. The third-order valence-corrected chi connectivity index (χ3v) is 6.63. The molecule has 29 heavy (non-hydrogen) atoms. The zero-order valence-electron chi connectivity index (χ0n) is 17.0. The fourth-order valence-corrected chi connectivity index (χ4v) is 4.75. The van der Waals surface area contributed by atoms with Crippen molar-refractivity contribution in [1.29, 1.82) is 0 Å². The van der Waals surface area contributed by atoms with Gasteiger partial charge in [-0.05, 0) is 30.9 Å². The van der Waals surface area contributed by atoms with Crippen molar-refractivity contribution < 1.29 is 14.4 Å². The van der Waals surface area contributed by atoms with E-state index >= 15 is 0 Å². The van der Waals surface area contributed by atoms with Gasteiger partial charge in [0.25, 0.3) is 5.91 Å². The Labute approximate surface area is 171 Å². The molecule has 1 aromatic heterocycles. The maximum atomic E-state index is 13.0. The number of nitrogens with zero attached hydrogens (tertiary/aromatic N) is 4. The summed E-state index contributed by atoms with van der Waals surface area (Å²) in [5, 5.41) is 2.91.